The number of aliphatic hydroxyl groups is 9. The third-order valence-electron chi connectivity index (χ3n) is 19.3. The summed E-state index contributed by atoms with van der Waals surface area (Å²) in [7, 11) is 0. The number of carboxylic acid groups (broad SMARTS) is 2. The maximum atomic E-state index is 13.2. The normalized spacial score (nSPS) is 52.7. The highest BCUT2D eigenvalue weighted by Crippen LogP contribution is 2.76. The average Bonchev–Trinajstić information content (AvgIpc) is 3.26. The molecule has 382 valence electrons. The van der Waals surface area contributed by atoms with Gasteiger partial charge in [-0.1, -0.05) is 60.1 Å². The van der Waals surface area contributed by atoms with E-state index in [9.17, 15) is 65.8 Å². The van der Waals surface area contributed by atoms with E-state index >= 15 is 0 Å². The van der Waals surface area contributed by atoms with Crippen LogP contribution in [0.15, 0.2) is 11.6 Å². The molecule has 0 bridgehead atoms. The van der Waals surface area contributed by atoms with Crippen LogP contribution in [0.4, 0.5) is 0 Å². The quantitative estimate of drug-likeness (QED) is 0.107. The summed E-state index contributed by atoms with van der Waals surface area (Å²) in [5, 5.41) is 117. The summed E-state index contributed by atoms with van der Waals surface area (Å²) in [4.78, 5) is 26.0. The van der Waals surface area contributed by atoms with Gasteiger partial charge in [0.05, 0.1) is 24.7 Å². The molecule has 0 radical (unpaired) electrons. The Bertz CT molecular complexity index is 1870. The van der Waals surface area contributed by atoms with Crippen molar-refractivity contribution in [2.75, 3.05) is 13.2 Å². The predicted molar refractivity (Wildman–Crippen MR) is 231 cm³/mol. The van der Waals surface area contributed by atoms with Gasteiger partial charge in [-0.3, -0.25) is 4.79 Å². The van der Waals surface area contributed by atoms with Crippen LogP contribution in [0, 0.1) is 50.2 Å². The summed E-state index contributed by atoms with van der Waals surface area (Å²) in [6.45, 7) is 14.2. The van der Waals surface area contributed by atoms with Crippen molar-refractivity contribution < 1.29 is 94.2 Å². The summed E-state index contributed by atoms with van der Waals surface area (Å²) >= 11 is 0. The second kappa shape index (κ2) is 18.0. The minimum Gasteiger partial charge on any atom is -0.481 e. The molecule has 67 heavy (non-hydrogen) atoms. The molecule has 19 heteroatoms. The Morgan fingerprint density at radius 1 is 0.627 bits per heavy atom. The molecule has 0 aromatic rings. The Morgan fingerprint density at radius 3 is 1.75 bits per heavy atom. The predicted octanol–water partition coefficient (Wildman–Crippen LogP) is 0.799. The minimum atomic E-state index is -2.12. The molecule has 0 aromatic carbocycles. The number of aliphatic hydroxyl groups excluding tert-OH is 9. The summed E-state index contributed by atoms with van der Waals surface area (Å²) in [5.41, 5.74) is -0.618. The lowest BCUT2D eigenvalue weighted by Gasteiger charge is -2.71. The number of carboxylic acids is 2. The van der Waals surface area contributed by atoms with Gasteiger partial charge >= 0.3 is 11.9 Å². The zero-order valence-electron chi connectivity index (χ0n) is 39.7. The lowest BCUT2D eigenvalue weighted by atomic mass is 9.33. The first-order chi connectivity index (χ1) is 31.2. The highest BCUT2D eigenvalue weighted by atomic mass is 16.8. The largest absolute Gasteiger partial charge is 0.481 e. The van der Waals surface area contributed by atoms with E-state index in [0.717, 1.165) is 38.5 Å². The first-order valence-corrected chi connectivity index (χ1v) is 24.3. The van der Waals surface area contributed by atoms with Crippen molar-refractivity contribution in [1.82, 2.24) is 0 Å². The molecule has 23 atom stereocenters. The number of carbonyl (C=O) groups is 2. The summed E-state index contributed by atoms with van der Waals surface area (Å²) in [5.74, 6) is -2.06. The van der Waals surface area contributed by atoms with E-state index < -0.39 is 134 Å². The van der Waals surface area contributed by atoms with Gasteiger partial charge in [0.2, 0.25) is 0 Å². The van der Waals surface area contributed by atoms with Gasteiger partial charge < -0.3 is 84.6 Å². The summed E-state index contributed by atoms with van der Waals surface area (Å²) in [6, 6.07) is 0. The van der Waals surface area contributed by atoms with E-state index in [1.165, 1.54) is 5.57 Å². The number of rotatable bonds is 10. The van der Waals surface area contributed by atoms with Gasteiger partial charge in [0.25, 0.3) is 0 Å². The van der Waals surface area contributed by atoms with Crippen LogP contribution in [-0.2, 0) is 38.0 Å². The second-order valence-electron chi connectivity index (χ2n) is 23.5. The number of hydrogen-bond donors (Lipinski definition) is 11. The van der Waals surface area contributed by atoms with E-state index in [4.69, 9.17) is 28.4 Å². The van der Waals surface area contributed by atoms with Gasteiger partial charge in [-0.25, -0.2) is 4.79 Å². The van der Waals surface area contributed by atoms with Crippen LogP contribution in [0.1, 0.15) is 113 Å². The summed E-state index contributed by atoms with van der Waals surface area (Å²) in [6.07, 6.45) is -18.3. The lowest BCUT2D eigenvalue weighted by Crippen LogP contribution is -2.68. The molecule has 0 amide bonds. The van der Waals surface area contributed by atoms with Gasteiger partial charge in [0.15, 0.2) is 25.0 Å². The van der Waals surface area contributed by atoms with Crippen LogP contribution in [0.2, 0.25) is 0 Å². The molecule has 5 aliphatic carbocycles. The Labute approximate surface area is 391 Å². The molecule has 3 aliphatic heterocycles. The van der Waals surface area contributed by atoms with Crippen LogP contribution in [0.25, 0.3) is 0 Å². The molecule has 4 saturated carbocycles. The monoisotopic (exact) mass is 956 g/mol. The van der Waals surface area contributed by atoms with Crippen LogP contribution in [0.3, 0.4) is 0 Å². The van der Waals surface area contributed by atoms with E-state index in [-0.39, 0.29) is 39.4 Å². The third-order valence-corrected chi connectivity index (χ3v) is 19.3. The first-order valence-electron chi connectivity index (χ1n) is 24.3. The van der Waals surface area contributed by atoms with Crippen molar-refractivity contribution in [3.8, 4) is 0 Å². The van der Waals surface area contributed by atoms with Crippen LogP contribution < -0.4 is 0 Å². The molecule has 0 spiro atoms. The van der Waals surface area contributed by atoms with E-state index in [1.807, 2.05) is 0 Å². The Morgan fingerprint density at radius 2 is 1.19 bits per heavy atom. The molecule has 0 aromatic heterocycles. The zero-order chi connectivity index (χ0) is 49.1. The average molecular weight is 957 g/mol. The second-order valence-corrected chi connectivity index (χ2v) is 23.5. The van der Waals surface area contributed by atoms with Gasteiger partial charge in [-0.2, -0.15) is 0 Å². The number of hydrogen-bond acceptors (Lipinski definition) is 17. The topological polar surface area (TPSA) is 312 Å². The molecule has 8 aliphatic rings. The summed E-state index contributed by atoms with van der Waals surface area (Å²) < 4.78 is 36.4. The molecule has 8 rings (SSSR count). The van der Waals surface area contributed by atoms with E-state index in [2.05, 4.69) is 54.5 Å². The fourth-order valence-corrected chi connectivity index (χ4v) is 15.1. The fourth-order valence-electron chi connectivity index (χ4n) is 15.1. The van der Waals surface area contributed by atoms with Gasteiger partial charge in [-0.05, 0) is 109 Å². The molecule has 3 heterocycles. The maximum absolute atomic E-state index is 13.2. The number of allylic oxidation sites excluding steroid dienone is 2. The third kappa shape index (κ3) is 8.06. The highest BCUT2D eigenvalue weighted by molar-refractivity contribution is 5.76. The maximum Gasteiger partial charge on any atom is 0.335 e. The molecule has 3 saturated heterocycles. The van der Waals surface area contributed by atoms with Crippen LogP contribution >= 0.6 is 0 Å². The van der Waals surface area contributed by atoms with Crippen LogP contribution in [-0.4, -0.2) is 180 Å². The van der Waals surface area contributed by atoms with Crippen molar-refractivity contribution in [2.24, 2.45) is 50.2 Å². The smallest absolute Gasteiger partial charge is 0.335 e. The number of ether oxygens (including phenoxy) is 6. The molecule has 7 fully saturated rings. The van der Waals surface area contributed by atoms with Crippen molar-refractivity contribution in [1.29, 1.82) is 0 Å². The van der Waals surface area contributed by atoms with Crippen molar-refractivity contribution in [3.05, 3.63) is 11.6 Å². The molecule has 23 unspecified atom stereocenters. The Balaban J connectivity index is 1.11. The first kappa shape index (κ1) is 51.4. The van der Waals surface area contributed by atoms with Gasteiger partial charge in [0.1, 0.15) is 67.1 Å². The van der Waals surface area contributed by atoms with E-state index in [1.54, 1.807) is 0 Å². The Hall–Kier alpha value is -1.92. The van der Waals surface area contributed by atoms with E-state index in [0.29, 0.717) is 25.7 Å². The SMILES string of the molecule is CC1(C)CCC2(C(=O)O)CCC3(C)C(=CCC4C5(C)CCC(OC6OC(C(=O)O)C(O)C(OC7OC(CO)C(O)C(O)C7O)C6OC6OC(CO)C(O)C(O)C6O)C(C)(C)C5CCC43C)C2C1. The standard InChI is InChI=1S/C48H76O19/c1-43(2)14-16-48(42(60)61)17-15-46(6)21(22(48)18-43)8-9-26-45(5)12-11-27(44(3,4)25(45)10-13-47(26,46)7)64-41-37(67-40-33(56)31(54)29(52)24(20-50)63-40)35(34(57)36(66-41)38(58)59)65-39-32(55)30(53)28(51)23(19-49)62-39/h8,22-37,39-41,49-57H,9-20H2,1-7H3,(H,58,59)(H,60,61). The zero-order valence-corrected chi connectivity index (χ0v) is 39.7. The van der Waals surface area contributed by atoms with Gasteiger partial charge in [-0.15, -0.1) is 0 Å². The van der Waals surface area contributed by atoms with Crippen molar-refractivity contribution >= 4 is 11.9 Å². The Kier molecular flexibility index (Phi) is 13.8. The lowest BCUT2D eigenvalue weighted by molar-refractivity contribution is -0.396. The highest BCUT2D eigenvalue weighted by Gasteiger charge is 2.70. The number of aliphatic carboxylic acids is 2. The molecule has 11 N–H and O–H groups in total. The molecule has 19 nitrogen and oxygen atoms in total. The molecular formula is C48H76O19. The molecular weight excluding hydrogens is 881 g/mol. The van der Waals surface area contributed by atoms with Crippen molar-refractivity contribution in [2.45, 2.75) is 211 Å². The fraction of sp³-hybridized carbons (Fsp3) is 0.917. The van der Waals surface area contributed by atoms with Crippen molar-refractivity contribution in [3.63, 3.8) is 0 Å². The minimum absolute atomic E-state index is 0.0299. The van der Waals surface area contributed by atoms with Crippen LogP contribution in [0.5, 0.6) is 0 Å². The number of fused-ring (bicyclic) bond motifs is 7. The van der Waals surface area contributed by atoms with Gasteiger partial charge in [0, 0.05) is 0 Å².